The number of carbonyl (C=O) groups excluding carboxylic acids is 2. The highest BCUT2D eigenvalue weighted by molar-refractivity contribution is 5.79. The van der Waals surface area contributed by atoms with Crippen molar-refractivity contribution in [2.45, 2.75) is 38.6 Å². The van der Waals surface area contributed by atoms with Crippen molar-refractivity contribution in [1.82, 2.24) is 24.6 Å². The van der Waals surface area contributed by atoms with Gasteiger partial charge in [-0.05, 0) is 25.7 Å². The van der Waals surface area contributed by atoms with Crippen LogP contribution < -0.4 is 0 Å². The minimum Gasteiger partial charge on any atom is -0.381 e. The first-order chi connectivity index (χ1) is 12.2. The van der Waals surface area contributed by atoms with E-state index in [1.165, 1.54) is 6.33 Å². The average molecular weight is 349 g/mol. The van der Waals surface area contributed by atoms with E-state index in [1.54, 1.807) is 11.0 Å². The molecule has 1 aromatic rings. The Balaban J connectivity index is 1.42. The third-order valence-corrected chi connectivity index (χ3v) is 4.98. The zero-order chi connectivity index (χ0) is 17.5. The third kappa shape index (κ3) is 5.01. The van der Waals surface area contributed by atoms with E-state index in [4.69, 9.17) is 4.74 Å². The van der Waals surface area contributed by atoms with E-state index in [2.05, 4.69) is 10.1 Å². The SMILES string of the molecule is O=C(CCCn1cncn1)N1CCCN(C(=O)C2CCOCC2)CC1. The summed E-state index contributed by atoms with van der Waals surface area (Å²) >= 11 is 0. The number of nitrogens with zero attached hydrogens (tertiary/aromatic N) is 5. The molecule has 2 aliphatic heterocycles. The second-order valence-corrected chi connectivity index (χ2v) is 6.71. The van der Waals surface area contributed by atoms with Crippen molar-refractivity contribution >= 4 is 11.8 Å². The Morgan fingerprint density at radius 1 is 1.08 bits per heavy atom. The fraction of sp³-hybridized carbons (Fsp3) is 0.765. The van der Waals surface area contributed by atoms with Crippen molar-refractivity contribution in [2.75, 3.05) is 39.4 Å². The molecule has 0 unspecified atom stereocenters. The fourth-order valence-corrected chi connectivity index (χ4v) is 3.49. The molecule has 138 valence electrons. The van der Waals surface area contributed by atoms with Gasteiger partial charge in [-0.25, -0.2) is 4.98 Å². The zero-order valence-corrected chi connectivity index (χ0v) is 14.7. The normalized spacial score (nSPS) is 19.7. The summed E-state index contributed by atoms with van der Waals surface area (Å²) in [4.78, 5) is 32.8. The molecule has 2 amide bonds. The molecule has 0 bridgehead atoms. The van der Waals surface area contributed by atoms with Crippen LogP contribution in [0, 0.1) is 5.92 Å². The van der Waals surface area contributed by atoms with Crippen LogP contribution in [0.25, 0.3) is 0 Å². The number of ether oxygens (including phenoxy) is 1. The van der Waals surface area contributed by atoms with Gasteiger partial charge in [-0.2, -0.15) is 5.10 Å². The summed E-state index contributed by atoms with van der Waals surface area (Å²) in [6.07, 6.45) is 6.92. The number of hydrogen-bond acceptors (Lipinski definition) is 5. The first-order valence-electron chi connectivity index (χ1n) is 9.21. The molecule has 0 saturated carbocycles. The topological polar surface area (TPSA) is 80.6 Å². The number of amides is 2. The zero-order valence-electron chi connectivity index (χ0n) is 14.7. The average Bonchev–Trinajstić information content (AvgIpc) is 3.04. The lowest BCUT2D eigenvalue weighted by molar-refractivity contribution is -0.139. The Morgan fingerprint density at radius 2 is 1.84 bits per heavy atom. The minimum absolute atomic E-state index is 0.0960. The van der Waals surface area contributed by atoms with Gasteiger partial charge in [0, 0.05) is 58.3 Å². The van der Waals surface area contributed by atoms with Gasteiger partial charge in [0.05, 0.1) is 0 Å². The van der Waals surface area contributed by atoms with E-state index in [9.17, 15) is 9.59 Å². The lowest BCUT2D eigenvalue weighted by Crippen LogP contribution is -2.41. The van der Waals surface area contributed by atoms with E-state index < -0.39 is 0 Å². The molecule has 2 fully saturated rings. The summed E-state index contributed by atoms with van der Waals surface area (Å²) in [6.45, 7) is 4.83. The Bertz CT molecular complexity index is 557. The van der Waals surface area contributed by atoms with E-state index in [1.807, 2.05) is 9.80 Å². The van der Waals surface area contributed by atoms with Crippen LogP contribution in [0.2, 0.25) is 0 Å². The van der Waals surface area contributed by atoms with E-state index in [0.717, 1.165) is 38.8 Å². The molecule has 25 heavy (non-hydrogen) atoms. The number of carbonyl (C=O) groups is 2. The highest BCUT2D eigenvalue weighted by atomic mass is 16.5. The highest BCUT2D eigenvalue weighted by Gasteiger charge is 2.28. The molecule has 8 nitrogen and oxygen atoms in total. The van der Waals surface area contributed by atoms with Gasteiger partial charge >= 0.3 is 0 Å². The smallest absolute Gasteiger partial charge is 0.225 e. The number of aromatic nitrogens is 3. The Kier molecular flexibility index (Phi) is 6.38. The van der Waals surface area contributed by atoms with Crippen LogP contribution >= 0.6 is 0 Å². The summed E-state index contributed by atoms with van der Waals surface area (Å²) in [5.41, 5.74) is 0. The Labute approximate surface area is 148 Å². The van der Waals surface area contributed by atoms with E-state index in [-0.39, 0.29) is 17.7 Å². The van der Waals surface area contributed by atoms with Gasteiger partial charge in [-0.1, -0.05) is 0 Å². The molecular formula is C17H27N5O3. The summed E-state index contributed by atoms with van der Waals surface area (Å²) in [5, 5.41) is 4.04. The second kappa shape index (κ2) is 8.94. The molecule has 0 aromatic carbocycles. The van der Waals surface area contributed by atoms with Crippen LogP contribution in [0.15, 0.2) is 12.7 Å². The van der Waals surface area contributed by atoms with Crippen LogP contribution in [0.3, 0.4) is 0 Å². The lowest BCUT2D eigenvalue weighted by atomic mass is 9.98. The van der Waals surface area contributed by atoms with Crippen molar-refractivity contribution < 1.29 is 14.3 Å². The van der Waals surface area contributed by atoms with Crippen molar-refractivity contribution in [3.05, 3.63) is 12.7 Å². The molecule has 3 heterocycles. The summed E-state index contributed by atoms with van der Waals surface area (Å²) in [6, 6.07) is 0. The molecule has 3 rings (SSSR count). The van der Waals surface area contributed by atoms with E-state index in [0.29, 0.717) is 39.3 Å². The van der Waals surface area contributed by atoms with Crippen LogP contribution in [0.4, 0.5) is 0 Å². The van der Waals surface area contributed by atoms with Gasteiger partial charge in [0.15, 0.2) is 0 Å². The standard InChI is InChI=1S/C17H27N5O3/c23-16(3-1-8-22-14-18-13-19-22)20-6-2-7-21(10-9-20)17(24)15-4-11-25-12-5-15/h13-15H,1-12H2. The van der Waals surface area contributed by atoms with Crippen LogP contribution in [-0.4, -0.2) is 75.8 Å². The Morgan fingerprint density at radius 3 is 2.60 bits per heavy atom. The summed E-state index contributed by atoms with van der Waals surface area (Å²) < 4.78 is 7.08. The van der Waals surface area contributed by atoms with Crippen molar-refractivity contribution in [3.8, 4) is 0 Å². The van der Waals surface area contributed by atoms with Crippen molar-refractivity contribution in [3.63, 3.8) is 0 Å². The third-order valence-electron chi connectivity index (χ3n) is 4.98. The van der Waals surface area contributed by atoms with Gasteiger partial charge in [0.2, 0.25) is 11.8 Å². The predicted octanol–water partition coefficient (Wildman–Crippen LogP) is 0.546. The minimum atomic E-state index is 0.0960. The molecule has 8 heteroatoms. The summed E-state index contributed by atoms with van der Waals surface area (Å²) in [5.74, 6) is 0.503. The molecule has 0 aliphatic carbocycles. The fourth-order valence-electron chi connectivity index (χ4n) is 3.49. The monoisotopic (exact) mass is 349 g/mol. The molecule has 0 N–H and O–H groups in total. The second-order valence-electron chi connectivity index (χ2n) is 6.71. The number of aryl methyl sites for hydroxylation is 1. The molecule has 2 aliphatic rings. The molecule has 0 atom stereocenters. The first-order valence-corrected chi connectivity index (χ1v) is 9.21. The maximum atomic E-state index is 12.6. The first kappa shape index (κ1) is 17.8. The van der Waals surface area contributed by atoms with Crippen molar-refractivity contribution in [2.24, 2.45) is 5.92 Å². The van der Waals surface area contributed by atoms with Gasteiger partial charge in [-0.15, -0.1) is 0 Å². The largest absolute Gasteiger partial charge is 0.381 e. The number of rotatable bonds is 5. The van der Waals surface area contributed by atoms with Crippen LogP contribution in [0.1, 0.15) is 32.1 Å². The van der Waals surface area contributed by atoms with Crippen molar-refractivity contribution in [1.29, 1.82) is 0 Å². The lowest BCUT2D eigenvalue weighted by Gasteiger charge is -2.28. The quantitative estimate of drug-likeness (QED) is 0.775. The molecule has 1 aromatic heterocycles. The number of hydrogen-bond donors (Lipinski definition) is 0. The maximum absolute atomic E-state index is 12.6. The highest BCUT2D eigenvalue weighted by Crippen LogP contribution is 2.19. The van der Waals surface area contributed by atoms with Gasteiger partial charge in [0.1, 0.15) is 12.7 Å². The van der Waals surface area contributed by atoms with Gasteiger partial charge < -0.3 is 14.5 Å². The summed E-state index contributed by atoms with van der Waals surface area (Å²) in [7, 11) is 0. The van der Waals surface area contributed by atoms with E-state index >= 15 is 0 Å². The predicted molar refractivity (Wildman–Crippen MR) is 90.6 cm³/mol. The van der Waals surface area contributed by atoms with Gasteiger partial charge in [0.25, 0.3) is 0 Å². The molecule has 0 spiro atoms. The maximum Gasteiger partial charge on any atom is 0.225 e. The molecule has 2 saturated heterocycles. The van der Waals surface area contributed by atoms with Gasteiger partial charge in [-0.3, -0.25) is 14.3 Å². The molecule has 0 radical (unpaired) electrons. The van der Waals surface area contributed by atoms with Crippen LogP contribution in [-0.2, 0) is 20.9 Å². The molecular weight excluding hydrogens is 322 g/mol. The van der Waals surface area contributed by atoms with Crippen LogP contribution in [0.5, 0.6) is 0 Å². The Hall–Kier alpha value is -1.96.